The molecule has 5 rings (SSSR count). The Morgan fingerprint density at radius 1 is 0.939 bits per heavy atom. The molecular formula is C37H43N4O5PSSi. The van der Waals surface area contributed by atoms with Gasteiger partial charge in [-0.1, -0.05) is 141 Å². The number of rotatable bonds is 13. The topological polar surface area (TPSA) is 104 Å². The van der Waals surface area contributed by atoms with Gasteiger partial charge in [-0.05, 0) is 34.0 Å². The predicted molar refractivity (Wildman–Crippen MR) is 201 cm³/mol. The fraction of sp³-hybridized carbons (Fsp3) is 0.297. The SMILES string of the molecule is C=CCOC(=O)C(N1C(=O)[C@H](CO[Si](C)(C)C(C)(C)C)[C@H]1SC(=O)Cn1ccnn1)=P(c1ccccc1)(c1ccccc1)c1ccccc1. The molecule has 0 bridgehead atoms. The lowest BCUT2D eigenvalue weighted by atomic mass is 9.99. The van der Waals surface area contributed by atoms with Crippen molar-refractivity contribution >= 4 is 65.3 Å². The van der Waals surface area contributed by atoms with Crippen molar-refractivity contribution in [2.45, 2.75) is 50.8 Å². The van der Waals surface area contributed by atoms with Crippen LogP contribution in [-0.2, 0) is 30.1 Å². The summed E-state index contributed by atoms with van der Waals surface area (Å²) in [5.74, 6) is -1.61. The van der Waals surface area contributed by atoms with Crippen LogP contribution in [0.2, 0.25) is 18.1 Å². The van der Waals surface area contributed by atoms with Crippen LogP contribution < -0.4 is 15.9 Å². The van der Waals surface area contributed by atoms with Gasteiger partial charge < -0.3 is 9.16 Å². The number of carbonyl (C=O) groups is 3. The molecule has 0 radical (unpaired) electrons. The van der Waals surface area contributed by atoms with Crippen LogP contribution in [0.15, 0.2) is 116 Å². The molecule has 2 atom stereocenters. The quantitative estimate of drug-likeness (QED) is 0.0613. The first-order valence-corrected chi connectivity index (χ1v) is 21.7. The van der Waals surface area contributed by atoms with Crippen LogP contribution in [0.3, 0.4) is 0 Å². The molecule has 4 aromatic rings. The highest BCUT2D eigenvalue weighted by Gasteiger charge is 2.55. The molecule has 0 aliphatic carbocycles. The Morgan fingerprint density at radius 2 is 1.47 bits per heavy atom. The summed E-state index contributed by atoms with van der Waals surface area (Å²) in [6.45, 7) is 11.3. The number of ether oxygens (including phenoxy) is 1. The maximum atomic E-state index is 14.7. The molecule has 1 fully saturated rings. The van der Waals surface area contributed by atoms with Crippen LogP contribution in [0.4, 0.5) is 0 Å². The minimum atomic E-state index is -3.13. The predicted octanol–water partition coefficient (Wildman–Crippen LogP) is 5.20. The maximum absolute atomic E-state index is 14.7. The van der Waals surface area contributed by atoms with Crippen LogP contribution in [0.25, 0.3) is 0 Å². The molecule has 0 spiro atoms. The third-order valence-electron chi connectivity index (χ3n) is 9.09. The van der Waals surface area contributed by atoms with Gasteiger partial charge in [0.2, 0.25) is 11.0 Å². The standard InChI is InChI=1S/C37H43N4O5PSSi/c1-7-25-45-36(44)34(47(28-17-11-8-12-18-28,29-19-13-9-14-20-29)30-21-15-10-16-22-30)41-33(43)31(27-46-49(5,6)37(2,3)4)35(41)48-32(42)26-40-24-23-38-39-40/h7-24,31,35H,1,25-27H2,2-6H3/t31-,35+/m0/s1. The molecule has 1 aromatic heterocycles. The van der Waals surface area contributed by atoms with Crippen molar-refractivity contribution in [1.82, 2.24) is 19.9 Å². The zero-order valence-corrected chi connectivity index (χ0v) is 31.3. The molecule has 1 aliphatic rings. The number of β-lactam (4-membered cyclic amide) rings is 1. The largest absolute Gasteiger partial charge is 0.457 e. The van der Waals surface area contributed by atoms with Gasteiger partial charge in [-0.3, -0.25) is 14.5 Å². The van der Waals surface area contributed by atoms with Crippen molar-refractivity contribution in [1.29, 1.82) is 0 Å². The Morgan fingerprint density at radius 3 is 1.92 bits per heavy atom. The van der Waals surface area contributed by atoms with Gasteiger partial charge in [0.05, 0.1) is 12.1 Å². The Labute approximate surface area is 293 Å². The van der Waals surface area contributed by atoms with E-state index in [1.165, 1.54) is 21.9 Å². The summed E-state index contributed by atoms with van der Waals surface area (Å²) in [5.41, 5.74) is 0.206. The highest BCUT2D eigenvalue weighted by molar-refractivity contribution is 8.14. The molecular weight excluding hydrogens is 672 g/mol. The summed E-state index contributed by atoms with van der Waals surface area (Å²) in [4.78, 5) is 44.5. The lowest BCUT2D eigenvalue weighted by Crippen LogP contribution is -2.66. The maximum Gasteiger partial charge on any atom is 0.356 e. The van der Waals surface area contributed by atoms with Crippen molar-refractivity contribution in [2.75, 3.05) is 13.2 Å². The number of thioether (sulfide) groups is 1. The monoisotopic (exact) mass is 714 g/mol. The Kier molecular flexibility index (Phi) is 11.3. The minimum Gasteiger partial charge on any atom is -0.457 e. The zero-order chi connectivity index (χ0) is 35.2. The Hall–Kier alpha value is -4.02. The molecule has 0 unspecified atom stereocenters. The van der Waals surface area contributed by atoms with Gasteiger partial charge in [-0.2, -0.15) is 0 Å². The van der Waals surface area contributed by atoms with E-state index in [4.69, 9.17) is 9.16 Å². The van der Waals surface area contributed by atoms with Gasteiger partial charge in [0.15, 0.2) is 8.32 Å². The fourth-order valence-electron chi connectivity index (χ4n) is 5.54. The van der Waals surface area contributed by atoms with E-state index in [1.54, 1.807) is 6.20 Å². The second-order valence-electron chi connectivity index (χ2n) is 13.3. The number of aromatic nitrogens is 3. The van der Waals surface area contributed by atoms with Crippen LogP contribution in [0.1, 0.15) is 20.8 Å². The molecule has 1 saturated heterocycles. The van der Waals surface area contributed by atoms with Gasteiger partial charge in [0, 0.05) is 19.7 Å². The Balaban J connectivity index is 1.78. The summed E-state index contributed by atoms with van der Waals surface area (Å²) in [5, 5.41) is 9.32. The molecule has 3 aromatic carbocycles. The molecule has 2 heterocycles. The van der Waals surface area contributed by atoms with E-state index in [0.717, 1.165) is 27.7 Å². The van der Waals surface area contributed by atoms with E-state index in [-0.39, 0.29) is 41.2 Å². The molecule has 256 valence electrons. The van der Waals surface area contributed by atoms with Crippen molar-refractivity contribution in [3.8, 4) is 0 Å². The normalized spacial score (nSPS) is 16.5. The summed E-state index contributed by atoms with van der Waals surface area (Å²) >= 11 is 1.02. The van der Waals surface area contributed by atoms with Crippen molar-refractivity contribution in [2.24, 2.45) is 5.92 Å². The number of benzene rings is 3. The summed E-state index contributed by atoms with van der Waals surface area (Å²) in [6.07, 6.45) is 4.62. The fourth-order valence-corrected chi connectivity index (χ4v) is 12.2. The summed E-state index contributed by atoms with van der Waals surface area (Å²) in [7, 11) is -2.27. The van der Waals surface area contributed by atoms with Gasteiger partial charge in [0.25, 0.3) is 0 Å². The van der Waals surface area contributed by atoms with Gasteiger partial charge >= 0.3 is 5.97 Å². The van der Waals surface area contributed by atoms with Gasteiger partial charge in [-0.15, -0.1) is 5.10 Å². The van der Waals surface area contributed by atoms with Gasteiger partial charge in [-0.25, -0.2) is 9.48 Å². The number of likely N-dealkylation sites (tertiary alicyclic amines) is 1. The number of amides is 1. The van der Waals surface area contributed by atoms with Crippen LogP contribution in [0.5, 0.6) is 0 Å². The van der Waals surface area contributed by atoms with E-state index in [0.29, 0.717) is 0 Å². The third kappa shape index (κ3) is 7.45. The zero-order valence-electron chi connectivity index (χ0n) is 28.6. The van der Waals surface area contributed by atoms with Crippen molar-refractivity contribution < 1.29 is 23.5 Å². The molecule has 0 saturated carbocycles. The second kappa shape index (κ2) is 15.3. The summed E-state index contributed by atoms with van der Waals surface area (Å²) < 4.78 is 13.9. The van der Waals surface area contributed by atoms with Crippen molar-refractivity contribution in [3.63, 3.8) is 0 Å². The average molecular weight is 715 g/mol. The van der Waals surface area contributed by atoms with E-state index < -0.39 is 32.5 Å². The van der Waals surface area contributed by atoms with Crippen LogP contribution in [0, 0.1) is 5.92 Å². The van der Waals surface area contributed by atoms with E-state index in [1.807, 2.05) is 91.0 Å². The minimum absolute atomic E-state index is 0.0500. The van der Waals surface area contributed by atoms with Crippen molar-refractivity contribution in [3.05, 3.63) is 116 Å². The molecule has 9 nitrogen and oxygen atoms in total. The summed E-state index contributed by atoms with van der Waals surface area (Å²) in [6, 6.07) is 29.4. The lowest BCUT2D eigenvalue weighted by molar-refractivity contribution is -0.148. The highest BCUT2D eigenvalue weighted by Crippen LogP contribution is 2.51. The number of esters is 1. The van der Waals surface area contributed by atoms with E-state index >= 15 is 0 Å². The Bertz CT molecular complexity index is 1730. The number of hydrogen-bond donors (Lipinski definition) is 0. The number of nitrogens with zero attached hydrogens (tertiary/aromatic N) is 4. The number of carbonyl (C=O) groups excluding carboxylic acids is 3. The first-order valence-electron chi connectivity index (χ1n) is 16.1. The van der Waals surface area contributed by atoms with E-state index in [2.05, 4.69) is 50.8 Å². The molecule has 12 heteroatoms. The van der Waals surface area contributed by atoms with E-state index in [9.17, 15) is 14.4 Å². The lowest BCUT2D eigenvalue weighted by Gasteiger charge is -2.50. The number of hydrogen-bond acceptors (Lipinski definition) is 8. The van der Waals surface area contributed by atoms with Crippen LogP contribution in [-0.4, -0.2) is 69.2 Å². The van der Waals surface area contributed by atoms with Crippen LogP contribution >= 0.6 is 18.6 Å². The average Bonchev–Trinajstić information content (AvgIpc) is 3.60. The molecule has 49 heavy (non-hydrogen) atoms. The molecule has 1 aliphatic heterocycles. The second-order valence-corrected chi connectivity index (χ2v) is 22.6. The molecule has 1 amide bonds. The van der Waals surface area contributed by atoms with Gasteiger partial charge in [0.1, 0.15) is 23.9 Å². The highest BCUT2D eigenvalue weighted by atomic mass is 32.2. The smallest absolute Gasteiger partial charge is 0.356 e. The first-order chi connectivity index (χ1) is 23.4. The first kappa shape index (κ1) is 36.3. The molecule has 0 N–H and O–H groups in total. The third-order valence-corrected chi connectivity index (χ3v) is 19.0.